The van der Waals surface area contributed by atoms with E-state index in [1.807, 2.05) is 74.6 Å². The van der Waals surface area contributed by atoms with Gasteiger partial charge >= 0.3 is 11.9 Å². The third kappa shape index (κ3) is 6.72. The molecule has 1 N–H and O–H groups in total. The zero-order valence-corrected chi connectivity index (χ0v) is 16.9. The van der Waals surface area contributed by atoms with Gasteiger partial charge in [0.25, 0.3) is 0 Å². The molecule has 0 radical (unpaired) electrons. The first-order chi connectivity index (χ1) is 13.4. The van der Waals surface area contributed by atoms with E-state index >= 15 is 0 Å². The highest BCUT2D eigenvalue weighted by atomic mass is 16.6. The number of ether oxygens (including phenoxy) is 1. The standard InChI is InChI=1S/C16H14N2O.C4H6O3.C2H6/c1-12(19)18-11-15(14-9-5-6-10-16(14)18)17-13-7-3-2-4-8-13;1-3(5)7-4(2)6;1-2/h2-11,17H,1H3;1-2H3;1-2H3. The quantitative estimate of drug-likeness (QED) is 0.489. The molecule has 2 aromatic carbocycles. The number of aromatic nitrogens is 1. The molecule has 148 valence electrons. The zero-order chi connectivity index (χ0) is 21.1. The molecule has 3 rings (SSSR count). The molecule has 0 aliphatic heterocycles. The highest BCUT2D eigenvalue weighted by Crippen LogP contribution is 2.28. The van der Waals surface area contributed by atoms with Crippen molar-refractivity contribution < 1.29 is 19.1 Å². The molecule has 1 heterocycles. The predicted octanol–water partition coefficient (Wildman–Crippen LogP) is 5.17. The lowest BCUT2D eigenvalue weighted by Crippen LogP contribution is -2.03. The van der Waals surface area contributed by atoms with Gasteiger partial charge in [0, 0.05) is 38.0 Å². The Bertz CT molecular complexity index is 918. The molecular formula is C22H26N2O4. The van der Waals surface area contributed by atoms with Crippen molar-refractivity contribution in [2.24, 2.45) is 0 Å². The summed E-state index contributed by atoms with van der Waals surface area (Å²) in [5.41, 5.74) is 2.87. The predicted molar refractivity (Wildman–Crippen MR) is 112 cm³/mol. The molecule has 0 aliphatic rings. The topological polar surface area (TPSA) is 77.4 Å². The van der Waals surface area contributed by atoms with Crippen molar-refractivity contribution in [3.8, 4) is 0 Å². The molecule has 0 saturated heterocycles. The third-order valence-corrected chi connectivity index (χ3v) is 3.39. The zero-order valence-electron chi connectivity index (χ0n) is 16.9. The van der Waals surface area contributed by atoms with Gasteiger partial charge in [-0.15, -0.1) is 0 Å². The van der Waals surface area contributed by atoms with E-state index in [0.29, 0.717) is 0 Å². The Morgan fingerprint density at radius 3 is 1.86 bits per heavy atom. The van der Waals surface area contributed by atoms with Crippen molar-refractivity contribution in [3.63, 3.8) is 0 Å². The number of carbonyl (C=O) groups excluding carboxylic acids is 3. The number of rotatable bonds is 2. The summed E-state index contributed by atoms with van der Waals surface area (Å²) >= 11 is 0. The maximum Gasteiger partial charge on any atom is 0.310 e. The SMILES string of the molecule is CC.CC(=O)OC(C)=O.CC(=O)n1cc(Nc2ccccc2)c2ccccc21. The summed E-state index contributed by atoms with van der Waals surface area (Å²) in [5.74, 6) is -1.11. The van der Waals surface area contributed by atoms with Gasteiger partial charge in [-0.25, -0.2) is 0 Å². The van der Waals surface area contributed by atoms with Gasteiger partial charge in [-0.1, -0.05) is 50.2 Å². The van der Waals surface area contributed by atoms with Crippen LogP contribution in [0.5, 0.6) is 0 Å². The fraction of sp³-hybridized carbons (Fsp3) is 0.227. The van der Waals surface area contributed by atoms with Gasteiger partial charge in [-0.05, 0) is 18.2 Å². The Kier molecular flexibility index (Phi) is 9.16. The molecule has 28 heavy (non-hydrogen) atoms. The highest BCUT2D eigenvalue weighted by Gasteiger charge is 2.10. The Morgan fingerprint density at radius 2 is 1.36 bits per heavy atom. The molecule has 0 fully saturated rings. The van der Waals surface area contributed by atoms with Gasteiger partial charge in [-0.3, -0.25) is 19.0 Å². The lowest BCUT2D eigenvalue weighted by molar-refractivity contribution is -0.156. The minimum atomic E-state index is -0.562. The Balaban J connectivity index is 0.000000372. The second kappa shape index (κ2) is 11.3. The van der Waals surface area contributed by atoms with Crippen LogP contribution in [0.3, 0.4) is 0 Å². The average molecular weight is 382 g/mol. The van der Waals surface area contributed by atoms with E-state index in [9.17, 15) is 14.4 Å². The van der Waals surface area contributed by atoms with Gasteiger partial charge in [-0.2, -0.15) is 0 Å². The first-order valence-electron chi connectivity index (χ1n) is 9.00. The van der Waals surface area contributed by atoms with Gasteiger partial charge in [0.1, 0.15) is 0 Å². The summed E-state index contributed by atoms with van der Waals surface area (Å²) in [6, 6.07) is 17.8. The number of hydrogen-bond donors (Lipinski definition) is 1. The Morgan fingerprint density at radius 1 is 0.821 bits per heavy atom. The van der Waals surface area contributed by atoms with Gasteiger partial charge in [0.05, 0.1) is 11.2 Å². The highest BCUT2D eigenvalue weighted by molar-refractivity contribution is 6.00. The van der Waals surface area contributed by atoms with Crippen molar-refractivity contribution in [2.75, 3.05) is 5.32 Å². The Hall–Kier alpha value is -3.41. The molecule has 6 nitrogen and oxygen atoms in total. The first-order valence-corrected chi connectivity index (χ1v) is 9.00. The van der Waals surface area contributed by atoms with E-state index in [-0.39, 0.29) is 5.91 Å². The van der Waals surface area contributed by atoms with E-state index in [1.165, 1.54) is 13.8 Å². The van der Waals surface area contributed by atoms with Crippen LogP contribution >= 0.6 is 0 Å². The van der Waals surface area contributed by atoms with Crippen molar-refractivity contribution in [3.05, 3.63) is 60.8 Å². The molecule has 1 aromatic heterocycles. The van der Waals surface area contributed by atoms with Crippen LogP contribution in [0.15, 0.2) is 60.8 Å². The molecule has 3 aromatic rings. The fourth-order valence-electron chi connectivity index (χ4n) is 2.42. The normalized spacial score (nSPS) is 9.32. The van der Waals surface area contributed by atoms with E-state index < -0.39 is 11.9 Å². The first kappa shape index (κ1) is 22.6. The largest absolute Gasteiger partial charge is 0.394 e. The summed E-state index contributed by atoms with van der Waals surface area (Å²) in [7, 11) is 0. The van der Waals surface area contributed by atoms with Crippen LogP contribution in [-0.2, 0) is 14.3 Å². The number of benzene rings is 2. The summed E-state index contributed by atoms with van der Waals surface area (Å²) in [6.45, 7) is 7.93. The van der Waals surface area contributed by atoms with Crippen LogP contribution in [0.4, 0.5) is 11.4 Å². The van der Waals surface area contributed by atoms with Crippen LogP contribution in [0.2, 0.25) is 0 Å². The number of para-hydroxylation sites is 2. The fourth-order valence-corrected chi connectivity index (χ4v) is 2.42. The lowest BCUT2D eigenvalue weighted by Gasteiger charge is -2.03. The lowest BCUT2D eigenvalue weighted by atomic mass is 10.2. The molecule has 0 atom stereocenters. The summed E-state index contributed by atoms with van der Waals surface area (Å²) in [4.78, 5) is 31.3. The van der Waals surface area contributed by atoms with Crippen LogP contribution in [0.25, 0.3) is 10.9 Å². The number of fused-ring (bicyclic) bond motifs is 1. The van der Waals surface area contributed by atoms with Crippen molar-refractivity contribution in [1.29, 1.82) is 0 Å². The smallest absolute Gasteiger partial charge is 0.310 e. The minimum Gasteiger partial charge on any atom is -0.394 e. The van der Waals surface area contributed by atoms with Crippen molar-refractivity contribution >= 4 is 40.1 Å². The average Bonchev–Trinajstić information content (AvgIpc) is 3.03. The van der Waals surface area contributed by atoms with E-state index in [2.05, 4.69) is 10.1 Å². The molecule has 0 saturated carbocycles. The number of nitrogens with one attached hydrogen (secondary N) is 1. The molecule has 6 heteroatoms. The maximum atomic E-state index is 11.7. The second-order valence-corrected chi connectivity index (χ2v) is 5.53. The third-order valence-electron chi connectivity index (χ3n) is 3.39. The van der Waals surface area contributed by atoms with Crippen molar-refractivity contribution in [1.82, 2.24) is 4.57 Å². The van der Waals surface area contributed by atoms with Gasteiger partial charge < -0.3 is 10.1 Å². The van der Waals surface area contributed by atoms with Crippen LogP contribution in [-0.4, -0.2) is 22.4 Å². The number of carbonyl (C=O) groups is 3. The summed E-state index contributed by atoms with van der Waals surface area (Å²) < 4.78 is 5.64. The minimum absolute atomic E-state index is 0.0114. The Labute approximate surface area is 165 Å². The van der Waals surface area contributed by atoms with Gasteiger partial charge in [0.15, 0.2) is 0 Å². The molecule has 0 amide bonds. The molecule has 0 unspecified atom stereocenters. The van der Waals surface area contributed by atoms with E-state index in [0.717, 1.165) is 22.3 Å². The maximum absolute atomic E-state index is 11.7. The van der Waals surface area contributed by atoms with Crippen LogP contribution in [0.1, 0.15) is 39.4 Å². The van der Waals surface area contributed by atoms with E-state index in [4.69, 9.17) is 0 Å². The van der Waals surface area contributed by atoms with Crippen LogP contribution < -0.4 is 5.32 Å². The number of anilines is 2. The number of nitrogens with zero attached hydrogens (tertiary/aromatic N) is 1. The summed E-state index contributed by atoms with van der Waals surface area (Å²) in [5, 5.41) is 4.39. The number of esters is 2. The van der Waals surface area contributed by atoms with E-state index in [1.54, 1.807) is 11.5 Å². The van der Waals surface area contributed by atoms with Crippen molar-refractivity contribution in [2.45, 2.75) is 34.6 Å². The molecule has 0 bridgehead atoms. The molecule has 0 aliphatic carbocycles. The molecule has 0 spiro atoms. The monoisotopic (exact) mass is 382 g/mol. The van der Waals surface area contributed by atoms with Crippen LogP contribution in [0, 0.1) is 0 Å². The summed E-state index contributed by atoms with van der Waals surface area (Å²) in [6.07, 6.45) is 1.85. The van der Waals surface area contributed by atoms with Gasteiger partial charge in [0.2, 0.25) is 5.91 Å². The number of hydrogen-bond acceptors (Lipinski definition) is 5. The second-order valence-electron chi connectivity index (χ2n) is 5.53. The molecular weight excluding hydrogens is 356 g/mol.